The Balaban J connectivity index is 1.64. The van der Waals surface area contributed by atoms with Gasteiger partial charge in [-0.05, 0) is 61.4 Å². The lowest BCUT2D eigenvalue weighted by Crippen LogP contribution is -2.16. The van der Waals surface area contributed by atoms with Crippen LogP contribution in [0.1, 0.15) is 35.0 Å². The van der Waals surface area contributed by atoms with Crippen molar-refractivity contribution in [1.29, 1.82) is 0 Å². The van der Waals surface area contributed by atoms with E-state index in [1.807, 2.05) is 59.3 Å². The van der Waals surface area contributed by atoms with Crippen LogP contribution in [0.4, 0.5) is 5.82 Å². The number of rotatable bonds is 5. The van der Waals surface area contributed by atoms with Gasteiger partial charge in [0.05, 0.1) is 11.4 Å². The Bertz CT molecular complexity index is 916. The molecule has 0 radical (unpaired) electrons. The van der Waals surface area contributed by atoms with Gasteiger partial charge in [0.1, 0.15) is 5.82 Å². The number of nitrogens with zero attached hydrogens (tertiary/aromatic N) is 2. The molecule has 0 saturated heterocycles. The summed E-state index contributed by atoms with van der Waals surface area (Å²) in [5, 5.41) is 7.86. The molecule has 1 aromatic heterocycles. The minimum absolute atomic E-state index is 0.0928. The zero-order valence-corrected chi connectivity index (χ0v) is 15.6. The van der Waals surface area contributed by atoms with Gasteiger partial charge < -0.3 is 5.32 Å². The summed E-state index contributed by atoms with van der Waals surface area (Å²) < 4.78 is 1.86. The van der Waals surface area contributed by atoms with Crippen molar-refractivity contribution in [3.8, 4) is 5.69 Å². The molecule has 1 aliphatic rings. The zero-order chi connectivity index (χ0) is 17.9. The number of aromatic nitrogens is 2. The number of hydrogen-bond donors (Lipinski definition) is 1. The standard InChI is InChI=1S/C21H21N3OS/c1-2-26-17-13-11-15(12-14-17)21(25)22-20-18-9-6-10-19(18)23-24(20)16-7-4-3-5-8-16/h3-5,7-8,11-14H,2,6,9-10H2,1H3,(H,22,25). The fourth-order valence-electron chi connectivity index (χ4n) is 3.33. The first-order chi connectivity index (χ1) is 12.8. The van der Waals surface area contributed by atoms with Crippen LogP contribution in [0.2, 0.25) is 0 Å². The molecule has 4 nitrogen and oxygen atoms in total. The summed E-state index contributed by atoms with van der Waals surface area (Å²) in [6.07, 6.45) is 3.03. The first kappa shape index (κ1) is 16.9. The van der Waals surface area contributed by atoms with Gasteiger partial charge in [-0.25, -0.2) is 4.68 Å². The molecule has 0 spiro atoms. The summed E-state index contributed by atoms with van der Waals surface area (Å²) >= 11 is 1.77. The van der Waals surface area contributed by atoms with Crippen LogP contribution < -0.4 is 5.32 Å². The van der Waals surface area contributed by atoms with Crippen LogP contribution in [0, 0.1) is 0 Å². The van der Waals surface area contributed by atoms with Gasteiger partial charge in [0.15, 0.2) is 0 Å². The molecule has 1 N–H and O–H groups in total. The molecule has 1 aliphatic carbocycles. The second-order valence-corrected chi connectivity index (χ2v) is 7.62. The van der Waals surface area contributed by atoms with Gasteiger partial charge in [0, 0.05) is 16.0 Å². The van der Waals surface area contributed by atoms with Crippen LogP contribution in [0.5, 0.6) is 0 Å². The third-order valence-corrected chi connectivity index (χ3v) is 5.46. The molecule has 4 rings (SSSR count). The molecule has 3 aromatic rings. The maximum Gasteiger partial charge on any atom is 0.256 e. The largest absolute Gasteiger partial charge is 0.306 e. The first-order valence-electron chi connectivity index (χ1n) is 8.96. The van der Waals surface area contributed by atoms with Gasteiger partial charge in [-0.2, -0.15) is 5.10 Å². The molecule has 1 heterocycles. The fraction of sp³-hybridized carbons (Fsp3) is 0.238. The number of para-hydroxylation sites is 1. The molecule has 0 unspecified atom stereocenters. The molecule has 2 aromatic carbocycles. The van der Waals surface area contributed by atoms with Crippen molar-refractivity contribution in [3.05, 3.63) is 71.4 Å². The van der Waals surface area contributed by atoms with Crippen molar-refractivity contribution in [2.24, 2.45) is 0 Å². The Labute approximate surface area is 157 Å². The second-order valence-electron chi connectivity index (χ2n) is 6.29. The van der Waals surface area contributed by atoms with E-state index in [2.05, 4.69) is 12.2 Å². The normalized spacial score (nSPS) is 12.8. The highest BCUT2D eigenvalue weighted by Crippen LogP contribution is 2.31. The van der Waals surface area contributed by atoms with Gasteiger partial charge in [0.25, 0.3) is 5.91 Å². The third-order valence-electron chi connectivity index (χ3n) is 4.57. The number of amides is 1. The maximum atomic E-state index is 12.8. The van der Waals surface area contributed by atoms with E-state index < -0.39 is 0 Å². The summed E-state index contributed by atoms with van der Waals surface area (Å²) in [4.78, 5) is 14.0. The van der Waals surface area contributed by atoms with Crippen molar-refractivity contribution >= 4 is 23.5 Å². The van der Waals surface area contributed by atoms with Gasteiger partial charge in [-0.15, -0.1) is 11.8 Å². The first-order valence-corrected chi connectivity index (χ1v) is 9.95. The Morgan fingerprint density at radius 1 is 1.12 bits per heavy atom. The Morgan fingerprint density at radius 3 is 2.62 bits per heavy atom. The predicted molar refractivity (Wildman–Crippen MR) is 106 cm³/mol. The van der Waals surface area contributed by atoms with Crippen molar-refractivity contribution in [3.63, 3.8) is 0 Å². The molecule has 0 fully saturated rings. The van der Waals surface area contributed by atoms with Crippen molar-refractivity contribution in [1.82, 2.24) is 9.78 Å². The van der Waals surface area contributed by atoms with Crippen LogP contribution in [0.25, 0.3) is 5.69 Å². The summed E-state index contributed by atoms with van der Waals surface area (Å²) in [5.74, 6) is 1.74. The van der Waals surface area contributed by atoms with Gasteiger partial charge in [-0.3, -0.25) is 4.79 Å². The molecule has 1 amide bonds. The van der Waals surface area contributed by atoms with E-state index in [-0.39, 0.29) is 5.91 Å². The number of benzene rings is 2. The number of thioether (sulfide) groups is 1. The minimum atomic E-state index is -0.0928. The monoisotopic (exact) mass is 363 g/mol. The van der Waals surface area contributed by atoms with E-state index >= 15 is 0 Å². The molecular formula is C21H21N3OS. The van der Waals surface area contributed by atoms with E-state index in [1.165, 1.54) is 10.5 Å². The summed E-state index contributed by atoms with van der Waals surface area (Å²) in [5.41, 5.74) is 3.89. The van der Waals surface area contributed by atoms with Crippen LogP contribution in [0.3, 0.4) is 0 Å². The lowest BCUT2D eigenvalue weighted by molar-refractivity contribution is 0.102. The fourth-order valence-corrected chi connectivity index (χ4v) is 3.99. The molecule has 0 bridgehead atoms. The number of carbonyl (C=O) groups excluding carboxylic acids is 1. The number of aryl methyl sites for hydroxylation is 1. The van der Waals surface area contributed by atoms with Gasteiger partial charge in [0.2, 0.25) is 0 Å². The Morgan fingerprint density at radius 2 is 1.88 bits per heavy atom. The molecule has 0 atom stereocenters. The minimum Gasteiger partial charge on any atom is -0.306 e. The molecule has 132 valence electrons. The molecule has 5 heteroatoms. The Hall–Kier alpha value is -2.53. The smallest absolute Gasteiger partial charge is 0.256 e. The maximum absolute atomic E-state index is 12.8. The number of carbonyl (C=O) groups is 1. The zero-order valence-electron chi connectivity index (χ0n) is 14.7. The third kappa shape index (κ3) is 3.27. The number of fused-ring (bicyclic) bond motifs is 1. The van der Waals surface area contributed by atoms with E-state index in [1.54, 1.807) is 11.8 Å². The van der Waals surface area contributed by atoms with E-state index in [9.17, 15) is 4.79 Å². The van der Waals surface area contributed by atoms with Gasteiger partial charge >= 0.3 is 0 Å². The van der Waals surface area contributed by atoms with Crippen LogP contribution >= 0.6 is 11.8 Å². The highest BCUT2D eigenvalue weighted by molar-refractivity contribution is 7.99. The number of nitrogens with one attached hydrogen (secondary N) is 1. The second kappa shape index (κ2) is 7.38. The van der Waals surface area contributed by atoms with Crippen LogP contribution in [-0.2, 0) is 12.8 Å². The molecule has 0 saturated carbocycles. The van der Waals surface area contributed by atoms with Crippen molar-refractivity contribution in [2.75, 3.05) is 11.1 Å². The molecular weight excluding hydrogens is 342 g/mol. The van der Waals surface area contributed by atoms with Gasteiger partial charge in [-0.1, -0.05) is 25.1 Å². The SMILES string of the molecule is CCSc1ccc(C(=O)Nc2c3c(nn2-c2ccccc2)CCC3)cc1. The van der Waals surface area contributed by atoms with E-state index in [4.69, 9.17) is 5.10 Å². The molecule has 26 heavy (non-hydrogen) atoms. The van der Waals surface area contributed by atoms with E-state index in [0.717, 1.165) is 42.2 Å². The number of anilines is 1. The predicted octanol–water partition coefficient (Wildman–Crippen LogP) is 4.73. The quantitative estimate of drug-likeness (QED) is 0.667. The molecule has 0 aliphatic heterocycles. The summed E-state index contributed by atoms with van der Waals surface area (Å²) in [6, 6.07) is 17.7. The highest BCUT2D eigenvalue weighted by atomic mass is 32.2. The average molecular weight is 363 g/mol. The average Bonchev–Trinajstić information content (AvgIpc) is 3.26. The van der Waals surface area contributed by atoms with Crippen LogP contribution in [0.15, 0.2) is 59.5 Å². The summed E-state index contributed by atoms with van der Waals surface area (Å²) in [7, 11) is 0. The van der Waals surface area contributed by atoms with Crippen molar-refractivity contribution in [2.45, 2.75) is 31.1 Å². The lowest BCUT2D eigenvalue weighted by atomic mass is 10.2. The number of hydrogen-bond acceptors (Lipinski definition) is 3. The Kier molecular flexibility index (Phi) is 4.80. The topological polar surface area (TPSA) is 46.9 Å². The highest BCUT2D eigenvalue weighted by Gasteiger charge is 2.24. The van der Waals surface area contributed by atoms with Crippen molar-refractivity contribution < 1.29 is 4.79 Å². The lowest BCUT2D eigenvalue weighted by Gasteiger charge is -2.11. The van der Waals surface area contributed by atoms with E-state index in [0.29, 0.717) is 5.56 Å². The summed E-state index contributed by atoms with van der Waals surface area (Å²) in [6.45, 7) is 2.12. The van der Waals surface area contributed by atoms with Crippen LogP contribution in [-0.4, -0.2) is 21.4 Å².